The van der Waals surface area contributed by atoms with Gasteiger partial charge in [-0.15, -0.1) is 0 Å². The first-order valence-corrected chi connectivity index (χ1v) is 4.29. The lowest BCUT2D eigenvalue weighted by atomic mass is 10.3. The zero-order chi connectivity index (χ0) is 11.3. The van der Waals surface area contributed by atoms with Gasteiger partial charge in [0.2, 0.25) is 6.08 Å². The van der Waals surface area contributed by atoms with Crippen LogP contribution in [0.2, 0.25) is 5.02 Å². The number of benzene rings is 1. The maximum atomic E-state index is 11.8. The summed E-state index contributed by atoms with van der Waals surface area (Å²) in [7, 11) is 0. The van der Waals surface area contributed by atoms with Gasteiger partial charge >= 0.3 is 0 Å². The molecule has 0 aliphatic heterocycles. The number of hydrogen-bond acceptors (Lipinski definition) is 3. The normalized spacial score (nSPS) is 9.87. The van der Waals surface area contributed by atoms with Gasteiger partial charge in [-0.1, -0.05) is 11.6 Å². The van der Waals surface area contributed by atoms with Crippen molar-refractivity contribution in [2.75, 3.05) is 6.61 Å². The molecular weight excluding hydrogens is 228 g/mol. The third-order valence-corrected chi connectivity index (χ3v) is 1.75. The minimum atomic E-state index is -2.56. The predicted molar refractivity (Wildman–Crippen MR) is 50.7 cm³/mol. The molecule has 0 aliphatic rings. The number of halogens is 3. The van der Waals surface area contributed by atoms with E-state index in [0.29, 0.717) is 5.69 Å². The Hall–Kier alpha value is -1.45. The number of hydrogen-bond donors (Lipinski definition) is 0. The van der Waals surface area contributed by atoms with E-state index >= 15 is 0 Å². The molecule has 0 bridgehead atoms. The molecule has 15 heavy (non-hydrogen) atoms. The molecule has 1 rings (SSSR count). The summed E-state index contributed by atoms with van der Waals surface area (Å²) in [4.78, 5) is 13.2. The second kappa shape index (κ2) is 5.44. The number of rotatable bonds is 4. The highest BCUT2D eigenvalue weighted by molar-refractivity contribution is 6.32. The van der Waals surface area contributed by atoms with Crippen molar-refractivity contribution in [1.82, 2.24) is 0 Å². The van der Waals surface area contributed by atoms with Crippen LogP contribution >= 0.6 is 11.6 Å². The molecule has 0 saturated carbocycles. The second-order valence-corrected chi connectivity index (χ2v) is 2.93. The van der Waals surface area contributed by atoms with Crippen molar-refractivity contribution in [3.8, 4) is 5.75 Å². The van der Waals surface area contributed by atoms with E-state index < -0.39 is 13.0 Å². The lowest BCUT2D eigenvalue weighted by Gasteiger charge is -2.06. The van der Waals surface area contributed by atoms with Crippen LogP contribution in [0.5, 0.6) is 5.75 Å². The Bertz CT molecular complexity index is 392. The van der Waals surface area contributed by atoms with E-state index in [9.17, 15) is 13.6 Å². The van der Waals surface area contributed by atoms with E-state index in [2.05, 4.69) is 4.99 Å². The van der Waals surface area contributed by atoms with E-state index in [4.69, 9.17) is 16.3 Å². The van der Waals surface area contributed by atoms with Crippen LogP contribution in [0.3, 0.4) is 0 Å². The van der Waals surface area contributed by atoms with Gasteiger partial charge in [-0.3, -0.25) is 0 Å². The maximum absolute atomic E-state index is 11.8. The van der Waals surface area contributed by atoms with Crippen LogP contribution in [-0.2, 0) is 4.79 Å². The van der Waals surface area contributed by atoms with E-state index in [-0.39, 0.29) is 10.8 Å². The fourth-order valence-corrected chi connectivity index (χ4v) is 1.11. The molecule has 6 heteroatoms. The summed E-state index contributed by atoms with van der Waals surface area (Å²) in [6.45, 7) is -0.726. The van der Waals surface area contributed by atoms with Crippen molar-refractivity contribution < 1.29 is 18.3 Å². The molecule has 0 unspecified atom stereocenters. The minimum Gasteiger partial charge on any atom is -0.486 e. The lowest BCUT2D eigenvalue weighted by Crippen LogP contribution is -2.07. The van der Waals surface area contributed by atoms with Crippen molar-refractivity contribution in [3.63, 3.8) is 0 Å². The van der Waals surface area contributed by atoms with Crippen molar-refractivity contribution in [2.45, 2.75) is 6.43 Å². The van der Waals surface area contributed by atoms with Gasteiger partial charge in [-0.25, -0.2) is 13.6 Å². The van der Waals surface area contributed by atoms with Crippen LogP contribution in [0.15, 0.2) is 23.2 Å². The molecule has 1 aromatic carbocycles. The summed E-state index contributed by atoms with van der Waals surface area (Å²) in [6, 6.07) is 4.10. The number of carbonyl (C=O) groups excluding carboxylic acids is 1. The molecule has 0 saturated heterocycles. The van der Waals surface area contributed by atoms with Gasteiger partial charge in [-0.2, -0.15) is 4.99 Å². The zero-order valence-corrected chi connectivity index (χ0v) is 8.17. The van der Waals surface area contributed by atoms with E-state index in [1.807, 2.05) is 0 Å². The number of nitrogens with zero attached hydrogens (tertiary/aromatic N) is 1. The summed E-state index contributed by atoms with van der Waals surface area (Å²) >= 11 is 5.69. The first-order chi connectivity index (χ1) is 7.13. The fourth-order valence-electron chi connectivity index (χ4n) is 0.882. The maximum Gasteiger partial charge on any atom is 0.272 e. The molecule has 0 atom stereocenters. The van der Waals surface area contributed by atoms with E-state index in [0.717, 1.165) is 0 Å². The van der Waals surface area contributed by atoms with Crippen molar-refractivity contribution >= 4 is 23.4 Å². The first kappa shape index (κ1) is 11.6. The molecule has 3 nitrogen and oxygen atoms in total. The van der Waals surface area contributed by atoms with E-state index in [1.54, 1.807) is 0 Å². The Balaban J connectivity index is 2.78. The largest absolute Gasteiger partial charge is 0.486 e. The summed E-state index contributed by atoms with van der Waals surface area (Å²) in [6.07, 6.45) is -1.22. The summed E-state index contributed by atoms with van der Waals surface area (Å²) in [5.74, 6) is 0.127. The smallest absolute Gasteiger partial charge is 0.272 e. The summed E-state index contributed by atoms with van der Waals surface area (Å²) in [5, 5.41) is 0.118. The number of alkyl halides is 2. The van der Waals surface area contributed by atoms with Gasteiger partial charge in [-0.05, 0) is 18.2 Å². The molecule has 0 heterocycles. The Labute approximate surface area is 89.3 Å². The summed E-state index contributed by atoms with van der Waals surface area (Å²) in [5.41, 5.74) is 0.291. The lowest BCUT2D eigenvalue weighted by molar-refractivity contribution is 0.0819. The Morgan fingerprint density at radius 3 is 2.80 bits per heavy atom. The van der Waals surface area contributed by atoms with E-state index in [1.165, 1.54) is 24.3 Å². The molecule has 0 amide bonds. The van der Waals surface area contributed by atoms with Crippen LogP contribution in [0, 0.1) is 0 Å². The van der Waals surface area contributed by atoms with Crippen molar-refractivity contribution in [2.24, 2.45) is 4.99 Å². The quantitative estimate of drug-likeness (QED) is 0.592. The molecule has 1 aromatic rings. The highest BCUT2D eigenvalue weighted by Gasteiger charge is 2.07. The molecule has 80 valence electrons. The van der Waals surface area contributed by atoms with Gasteiger partial charge in [0.25, 0.3) is 6.43 Å². The Morgan fingerprint density at radius 2 is 2.27 bits per heavy atom. The molecule has 0 fully saturated rings. The standard InChI is InChI=1S/C9H6ClF2NO2/c10-7-3-6(13-5-14)1-2-8(7)15-4-9(11)12/h1-3,9H,4H2. The highest BCUT2D eigenvalue weighted by Crippen LogP contribution is 2.28. The second-order valence-electron chi connectivity index (χ2n) is 2.52. The topological polar surface area (TPSA) is 38.7 Å². The predicted octanol–water partition coefficient (Wildman–Crippen LogP) is 2.95. The highest BCUT2D eigenvalue weighted by atomic mass is 35.5. The average Bonchev–Trinajstić information content (AvgIpc) is 2.17. The SMILES string of the molecule is O=C=Nc1ccc(OCC(F)F)c(Cl)c1. The Morgan fingerprint density at radius 1 is 1.53 bits per heavy atom. The van der Waals surface area contributed by atoms with Gasteiger partial charge in [0, 0.05) is 0 Å². The zero-order valence-electron chi connectivity index (χ0n) is 7.41. The molecule has 0 aromatic heterocycles. The Kier molecular flexibility index (Phi) is 4.21. The van der Waals surface area contributed by atoms with Crippen LogP contribution < -0.4 is 4.74 Å². The summed E-state index contributed by atoms with van der Waals surface area (Å²) < 4.78 is 28.3. The fraction of sp³-hybridized carbons (Fsp3) is 0.222. The van der Waals surface area contributed by atoms with Crippen LogP contribution in [0.1, 0.15) is 0 Å². The monoisotopic (exact) mass is 233 g/mol. The third-order valence-electron chi connectivity index (χ3n) is 1.46. The van der Waals surface area contributed by atoms with Crippen LogP contribution in [-0.4, -0.2) is 19.1 Å². The van der Waals surface area contributed by atoms with Gasteiger partial charge in [0.15, 0.2) is 0 Å². The van der Waals surface area contributed by atoms with Gasteiger partial charge in [0.05, 0.1) is 10.7 Å². The van der Waals surface area contributed by atoms with Crippen molar-refractivity contribution in [3.05, 3.63) is 23.2 Å². The van der Waals surface area contributed by atoms with Gasteiger partial charge in [0.1, 0.15) is 12.4 Å². The molecule has 0 radical (unpaired) electrons. The third kappa shape index (κ3) is 3.65. The number of ether oxygens (including phenoxy) is 1. The molecule has 0 N–H and O–H groups in total. The molecular formula is C9H6ClF2NO2. The van der Waals surface area contributed by atoms with Crippen LogP contribution in [0.25, 0.3) is 0 Å². The minimum absolute atomic E-state index is 0.118. The number of aliphatic imine (C=N–C) groups is 1. The number of isocyanates is 1. The molecule has 0 aliphatic carbocycles. The van der Waals surface area contributed by atoms with Crippen LogP contribution in [0.4, 0.5) is 14.5 Å². The van der Waals surface area contributed by atoms with Crippen molar-refractivity contribution in [1.29, 1.82) is 0 Å². The van der Waals surface area contributed by atoms with Gasteiger partial charge < -0.3 is 4.74 Å². The average molecular weight is 234 g/mol. The molecule has 0 spiro atoms. The first-order valence-electron chi connectivity index (χ1n) is 3.92.